The Labute approximate surface area is 146 Å². The summed E-state index contributed by atoms with van der Waals surface area (Å²) < 4.78 is 0. The van der Waals surface area contributed by atoms with Crippen LogP contribution in [0.4, 0.5) is 0 Å². The first-order chi connectivity index (χ1) is 11.1. The van der Waals surface area contributed by atoms with Gasteiger partial charge in [-0.15, -0.1) is 11.3 Å². The van der Waals surface area contributed by atoms with Crippen LogP contribution in [0.3, 0.4) is 0 Å². The maximum Gasteiger partial charge on any atom is 0.231 e. The van der Waals surface area contributed by atoms with Crippen LogP contribution in [-0.2, 0) is 10.2 Å². The molecule has 2 aromatic rings. The standard InChI is InChI=1S/C18H24N2OS2/c1-20(2)15(14-7-11-22-13-14)12-19-17(21)18(8-3-4-9-18)16-6-5-10-23-16/h5-7,10-11,13,15H,3-4,8-9,12H2,1-2H3,(H,19,21). The van der Waals surface area contributed by atoms with Gasteiger partial charge in [0.05, 0.1) is 11.5 Å². The lowest BCUT2D eigenvalue weighted by Crippen LogP contribution is -2.45. The van der Waals surface area contributed by atoms with Crippen molar-refractivity contribution in [1.82, 2.24) is 10.2 Å². The molecular formula is C18H24N2OS2. The van der Waals surface area contributed by atoms with Crippen LogP contribution in [0.5, 0.6) is 0 Å². The molecule has 1 atom stereocenters. The average molecular weight is 349 g/mol. The van der Waals surface area contributed by atoms with E-state index in [0.717, 1.165) is 25.7 Å². The van der Waals surface area contributed by atoms with Gasteiger partial charge in [0.2, 0.25) is 5.91 Å². The second-order valence-corrected chi connectivity index (χ2v) is 8.24. The summed E-state index contributed by atoms with van der Waals surface area (Å²) in [5.41, 5.74) is 0.983. The van der Waals surface area contributed by atoms with Crippen molar-refractivity contribution in [2.24, 2.45) is 0 Å². The van der Waals surface area contributed by atoms with Crippen molar-refractivity contribution in [2.45, 2.75) is 37.1 Å². The molecule has 1 N–H and O–H groups in total. The monoisotopic (exact) mass is 348 g/mol. The Balaban J connectivity index is 1.72. The second-order valence-electron chi connectivity index (χ2n) is 6.51. The topological polar surface area (TPSA) is 32.3 Å². The molecule has 0 aromatic carbocycles. The van der Waals surface area contributed by atoms with Crippen LogP contribution >= 0.6 is 22.7 Å². The summed E-state index contributed by atoms with van der Waals surface area (Å²) >= 11 is 3.42. The van der Waals surface area contributed by atoms with Gasteiger partial charge in [-0.1, -0.05) is 18.9 Å². The van der Waals surface area contributed by atoms with Crippen molar-refractivity contribution in [3.63, 3.8) is 0 Å². The van der Waals surface area contributed by atoms with E-state index in [0.29, 0.717) is 6.54 Å². The fourth-order valence-electron chi connectivity index (χ4n) is 3.54. The zero-order valence-corrected chi connectivity index (χ0v) is 15.4. The predicted molar refractivity (Wildman–Crippen MR) is 98.2 cm³/mol. The Bertz CT molecular complexity index is 614. The van der Waals surface area contributed by atoms with Gasteiger partial charge in [0.25, 0.3) is 0 Å². The van der Waals surface area contributed by atoms with Crippen molar-refractivity contribution in [3.8, 4) is 0 Å². The maximum absolute atomic E-state index is 13.0. The normalized spacial score (nSPS) is 18.2. The average Bonchev–Trinajstić information content (AvgIpc) is 3.28. The molecular weight excluding hydrogens is 324 g/mol. The SMILES string of the molecule is CN(C)C(CNC(=O)C1(c2cccs2)CCCC1)c1ccsc1. The van der Waals surface area contributed by atoms with E-state index in [1.165, 1.54) is 10.4 Å². The third-order valence-electron chi connectivity index (χ3n) is 4.89. The molecule has 0 aliphatic heterocycles. The number of thiophene rings is 2. The van der Waals surface area contributed by atoms with Crippen LogP contribution in [0.15, 0.2) is 34.3 Å². The quantitative estimate of drug-likeness (QED) is 0.854. The van der Waals surface area contributed by atoms with E-state index in [-0.39, 0.29) is 17.4 Å². The van der Waals surface area contributed by atoms with E-state index < -0.39 is 0 Å². The summed E-state index contributed by atoms with van der Waals surface area (Å²) in [5.74, 6) is 0.208. The Hall–Kier alpha value is -1.17. The highest BCUT2D eigenvalue weighted by molar-refractivity contribution is 7.10. The van der Waals surface area contributed by atoms with Crippen LogP contribution in [0.25, 0.3) is 0 Å². The smallest absolute Gasteiger partial charge is 0.231 e. The van der Waals surface area contributed by atoms with E-state index in [2.05, 4.69) is 58.7 Å². The fourth-order valence-corrected chi connectivity index (χ4v) is 5.23. The maximum atomic E-state index is 13.0. The Morgan fingerprint density at radius 3 is 2.65 bits per heavy atom. The highest BCUT2D eigenvalue weighted by Gasteiger charge is 2.43. The summed E-state index contributed by atoms with van der Waals surface area (Å²) in [7, 11) is 4.14. The van der Waals surface area contributed by atoms with Gasteiger partial charge < -0.3 is 10.2 Å². The zero-order chi connectivity index (χ0) is 16.3. The first-order valence-corrected chi connectivity index (χ1v) is 9.96. The van der Waals surface area contributed by atoms with Gasteiger partial charge in [0.1, 0.15) is 0 Å². The number of nitrogens with zero attached hydrogens (tertiary/aromatic N) is 1. The third-order valence-corrected chi connectivity index (χ3v) is 6.67. The molecule has 3 rings (SSSR count). The van der Waals surface area contributed by atoms with Crippen molar-refractivity contribution in [1.29, 1.82) is 0 Å². The summed E-state index contributed by atoms with van der Waals surface area (Å²) in [6, 6.07) is 6.55. The number of hydrogen-bond donors (Lipinski definition) is 1. The minimum Gasteiger partial charge on any atom is -0.353 e. The summed E-state index contributed by atoms with van der Waals surface area (Å²) in [4.78, 5) is 16.4. The van der Waals surface area contributed by atoms with Crippen molar-refractivity contribution in [3.05, 3.63) is 44.8 Å². The first kappa shape index (κ1) is 16.7. The number of amides is 1. The van der Waals surface area contributed by atoms with Crippen LogP contribution in [0.2, 0.25) is 0 Å². The predicted octanol–water partition coefficient (Wildman–Crippen LogP) is 4.04. The Kier molecular flexibility index (Phi) is 5.19. The Morgan fingerprint density at radius 2 is 2.09 bits per heavy atom. The van der Waals surface area contributed by atoms with E-state index in [1.807, 2.05) is 0 Å². The molecule has 1 saturated carbocycles. The van der Waals surface area contributed by atoms with Gasteiger partial charge >= 0.3 is 0 Å². The molecule has 2 heterocycles. The number of hydrogen-bond acceptors (Lipinski definition) is 4. The van der Waals surface area contributed by atoms with E-state index in [4.69, 9.17) is 0 Å². The van der Waals surface area contributed by atoms with Gasteiger partial charge in [-0.05, 0) is 60.8 Å². The molecule has 0 radical (unpaired) electrons. The number of carbonyl (C=O) groups is 1. The molecule has 1 aliphatic rings. The number of rotatable bonds is 6. The van der Waals surface area contributed by atoms with Crippen molar-refractivity contribution < 1.29 is 4.79 Å². The number of likely N-dealkylation sites (N-methyl/N-ethyl adjacent to an activating group) is 1. The lowest BCUT2D eigenvalue weighted by atomic mass is 9.83. The lowest BCUT2D eigenvalue weighted by molar-refractivity contribution is -0.126. The molecule has 23 heavy (non-hydrogen) atoms. The third kappa shape index (κ3) is 3.37. The highest BCUT2D eigenvalue weighted by Crippen LogP contribution is 2.43. The van der Waals surface area contributed by atoms with Gasteiger partial charge in [-0.2, -0.15) is 11.3 Å². The summed E-state index contributed by atoms with van der Waals surface area (Å²) in [5, 5.41) is 9.60. The Morgan fingerprint density at radius 1 is 1.30 bits per heavy atom. The van der Waals surface area contributed by atoms with E-state index in [1.54, 1.807) is 22.7 Å². The van der Waals surface area contributed by atoms with Gasteiger partial charge in [0, 0.05) is 11.4 Å². The van der Waals surface area contributed by atoms with Crippen LogP contribution in [0, 0.1) is 0 Å². The second kappa shape index (κ2) is 7.16. The number of carbonyl (C=O) groups excluding carboxylic acids is 1. The molecule has 1 fully saturated rings. The van der Waals surface area contributed by atoms with Crippen molar-refractivity contribution in [2.75, 3.05) is 20.6 Å². The molecule has 5 heteroatoms. The summed E-state index contributed by atoms with van der Waals surface area (Å²) in [6.45, 7) is 0.662. The molecule has 2 aromatic heterocycles. The molecule has 1 aliphatic carbocycles. The van der Waals surface area contributed by atoms with Gasteiger partial charge in [-0.3, -0.25) is 4.79 Å². The van der Waals surface area contributed by atoms with Crippen molar-refractivity contribution >= 4 is 28.6 Å². The molecule has 0 spiro atoms. The van der Waals surface area contributed by atoms with E-state index in [9.17, 15) is 4.79 Å². The van der Waals surface area contributed by atoms with Crippen LogP contribution < -0.4 is 5.32 Å². The van der Waals surface area contributed by atoms with E-state index >= 15 is 0 Å². The lowest BCUT2D eigenvalue weighted by Gasteiger charge is -2.29. The number of nitrogens with one attached hydrogen (secondary N) is 1. The molecule has 124 valence electrons. The van der Waals surface area contributed by atoms with Gasteiger partial charge in [0.15, 0.2) is 0 Å². The molecule has 0 bridgehead atoms. The minimum absolute atomic E-state index is 0.208. The zero-order valence-electron chi connectivity index (χ0n) is 13.7. The summed E-state index contributed by atoms with van der Waals surface area (Å²) in [6.07, 6.45) is 4.24. The molecule has 3 nitrogen and oxygen atoms in total. The van der Waals surface area contributed by atoms with Crippen LogP contribution in [-0.4, -0.2) is 31.4 Å². The van der Waals surface area contributed by atoms with Crippen LogP contribution in [0.1, 0.15) is 42.2 Å². The van der Waals surface area contributed by atoms with Gasteiger partial charge in [-0.25, -0.2) is 0 Å². The first-order valence-electron chi connectivity index (χ1n) is 8.14. The largest absolute Gasteiger partial charge is 0.353 e. The molecule has 1 amide bonds. The fraction of sp³-hybridized carbons (Fsp3) is 0.500. The molecule has 1 unspecified atom stereocenters. The highest BCUT2D eigenvalue weighted by atomic mass is 32.1. The molecule has 0 saturated heterocycles. The minimum atomic E-state index is -0.292.